The molecule has 1 aromatic rings. The van der Waals surface area contributed by atoms with Crippen LogP contribution in [0, 0.1) is 6.92 Å². The maximum absolute atomic E-state index is 2.53. The number of aryl methyl sites for hydroxylation is 1. The summed E-state index contributed by atoms with van der Waals surface area (Å²) < 4.78 is 0.390. The summed E-state index contributed by atoms with van der Waals surface area (Å²) in [6.07, 6.45) is 1.23. The van der Waals surface area contributed by atoms with Gasteiger partial charge in [0.1, 0.15) is 0 Å². The Labute approximate surface area is 101 Å². The van der Waals surface area contributed by atoms with Gasteiger partial charge in [-0.1, -0.05) is 73.2 Å². The normalized spacial score (nSPS) is 14.1. The first-order valence-corrected chi connectivity index (χ1v) is 6.22. The summed E-state index contributed by atoms with van der Waals surface area (Å²) in [7, 11) is 0. The Balaban J connectivity index is 2.74. The van der Waals surface area contributed by atoms with Gasteiger partial charge in [0.2, 0.25) is 0 Å². The molecular formula is C13H19I. The third-order valence-corrected chi connectivity index (χ3v) is 2.84. The number of hydrogen-bond acceptors (Lipinski definition) is 0. The van der Waals surface area contributed by atoms with Crippen molar-refractivity contribution in [2.45, 2.75) is 43.5 Å². The molecule has 0 spiro atoms. The molecule has 0 amide bonds. The second-order valence-electron chi connectivity index (χ2n) is 4.74. The van der Waals surface area contributed by atoms with E-state index in [1.54, 1.807) is 0 Å². The molecule has 1 unspecified atom stereocenters. The molecule has 0 radical (unpaired) electrons. The first-order chi connectivity index (χ1) is 6.38. The van der Waals surface area contributed by atoms with E-state index in [-0.39, 0.29) is 0 Å². The lowest BCUT2D eigenvalue weighted by Crippen LogP contribution is -2.13. The zero-order valence-corrected chi connectivity index (χ0v) is 11.6. The van der Waals surface area contributed by atoms with Gasteiger partial charge in [-0.05, 0) is 24.8 Å². The summed E-state index contributed by atoms with van der Waals surface area (Å²) in [5.41, 5.74) is 2.83. The first kappa shape index (κ1) is 12.0. The number of alkyl halides is 1. The highest BCUT2D eigenvalue weighted by Crippen LogP contribution is 2.31. The van der Waals surface area contributed by atoms with Crippen LogP contribution in [0.5, 0.6) is 0 Å². The van der Waals surface area contributed by atoms with Crippen LogP contribution in [0.25, 0.3) is 0 Å². The van der Waals surface area contributed by atoms with Gasteiger partial charge in [0.05, 0.1) is 0 Å². The molecule has 1 atom stereocenters. The molecule has 0 saturated carbocycles. The summed E-state index contributed by atoms with van der Waals surface area (Å²) in [6, 6.07) is 8.85. The highest BCUT2D eigenvalue weighted by atomic mass is 127. The van der Waals surface area contributed by atoms with Crippen LogP contribution in [0.3, 0.4) is 0 Å². The van der Waals surface area contributed by atoms with Crippen molar-refractivity contribution >= 4 is 22.6 Å². The molecule has 1 heteroatoms. The average Bonchev–Trinajstić information content (AvgIpc) is 2.01. The minimum atomic E-state index is 0.390. The van der Waals surface area contributed by atoms with E-state index in [1.165, 1.54) is 17.5 Å². The Morgan fingerprint density at radius 2 is 2.00 bits per heavy atom. The smallest absolute Gasteiger partial charge is 0.0171 e. The predicted molar refractivity (Wildman–Crippen MR) is 72.3 cm³/mol. The van der Waals surface area contributed by atoms with Gasteiger partial charge in [-0.25, -0.2) is 0 Å². The standard InChI is InChI=1S/C13H19I/c1-10-6-5-7-12(8-10)11(2)9-13(3,4)14/h5-8,11H,9H2,1-4H3. The Hall–Kier alpha value is -0.0500. The summed E-state index contributed by atoms with van der Waals surface area (Å²) in [6.45, 7) is 9.06. The zero-order chi connectivity index (χ0) is 10.8. The van der Waals surface area contributed by atoms with Crippen LogP contribution in [0.1, 0.15) is 44.2 Å². The maximum Gasteiger partial charge on any atom is 0.0171 e. The number of benzene rings is 1. The number of rotatable bonds is 3. The van der Waals surface area contributed by atoms with Gasteiger partial charge in [-0.15, -0.1) is 0 Å². The van der Waals surface area contributed by atoms with Crippen LogP contribution in [-0.2, 0) is 0 Å². The molecule has 0 heterocycles. The van der Waals surface area contributed by atoms with Gasteiger partial charge in [-0.2, -0.15) is 0 Å². The monoisotopic (exact) mass is 302 g/mol. The topological polar surface area (TPSA) is 0 Å². The molecular weight excluding hydrogens is 283 g/mol. The van der Waals surface area contributed by atoms with Crippen LogP contribution in [0.4, 0.5) is 0 Å². The summed E-state index contributed by atoms with van der Waals surface area (Å²) >= 11 is 2.53. The van der Waals surface area contributed by atoms with E-state index >= 15 is 0 Å². The fraction of sp³-hybridized carbons (Fsp3) is 0.538. The zero-order valence-electron chi connectivity index (χ0n) is 9.47. The highest BCUT2D eigenvalue weighted by Gasteiger charge is 2.17. The fourth-order valence-electron chi connectivity index (χ4n) is 1.82. The molecule has 78 valence electrons. The van der Waals surface area contributed by atoms with Crippen molar-refractivity contribution < 1.29 is 0 Å². The van der Waals surface area contributed by atoms with E-state index < -0.39 is 0 Å². The Kier molecular flexibility index (Phi) is 3.99. The average molecular weight is 302 g/mol. The maximum atomic E-state index is 2.53. The van der Waals surface area contributed by atoms with E-state index in [0.717, 1.165) is 0 Å². The lowest BCUT2D eigenvalue weighted by molar-refractivity contribution is 0.586. The van der Waals surface area contributed by atoms with Gasteiger partial charge in [0, 0.05) is 3.42 Å². The third kappa shape index (κ3) is 3.99. The van der Waals surface area contributed by atoms with Crippen molar-refractivity contribution in [3.63, 3.8) is 0 Å². The molecule has 0 aromatic heterocycles. The molecule has 0 aliphatic heterocycles. The van der Waals surface area contributed by atoms with Crippen molar-refractivity contribution in [2.24, 2.45) is 0 Å². The highest BCUT2D eigenvalue weighted by molar-refractivity contribution is 14.1. The predicted octanol–water partition coefficient (Wildman–Crippen LogP) is 4.70. The van der Waals surface area contributed by atoms with E-state index in [1.807, 2.05) is 0 Å². The molecule has 1 aromatic carbocycles. The second-order valence-corrected chi connectivity index (χ2v) is 7.66. The van der Waals surface area contributed by atoms with Gasteiger partial charge in [0.25, 0.3) is 0 Å². The van der Waals surface area contributed by atoms with Crippen LogP contribution >= 0.6 is 22.6 Å². The lowest BCUT2D eigenvalue weighted by atomic mass is 9.91. The Morgan fingerprint density at radius 1 is 1.36 bits per heavy atom. The first-order valence-electron chi connectivity index (χ1n) is 5.14. The molecule has 0 fully saturated rings. The quantitative estimate of drug-likeness (QED) is 0.561. The van der Waals surface area contributed by atoms with Crippen molar-refractivity contribution in [3.8, 4) is 0 Å². The molecule has 0 bridgehead atoms. The molecule has 0 nitrogen and oxygen atoms in total. The van der Waals surface area contributed by atoms with Crippen LogP contribution < -0.4 is 0 Å². The lowest BCUT2D eigenvalue weighted by Gasteiger charge is -2.22. The fourth-order valence-corrected chi connectivity index (χ4v) is 2.48. The summed E-state index contributed by atoms with van der Waals surface area (Å²) in [4.78, 5) is 0. The summed E-state index contributed by atoms with van der Waals surface area (Å²) in [5, 5.41) is 0. The van der Waals surface area contributed by atoms with Crippen molar-refractivity contribution in [3.05, 3.63) is 35.4 Å². The van der Waals surface area contributed by atoms with E-state index in [2.05, 4.69) is 74.6 Å². The molecule has 0 saturated heterocycles. The van der Waals surface area contributed by atoms with Crippen molar-refractivity contribution in [1.82, 2.24) is 0 Å². The van der Waals surface area contributed by atoms with Crippen LogP contribution in [-0.4, -0.2) is 3.42 Å². The van der Waals surface area contributed by atoms with Crippen LogP contribution in [0.15, 0.2) is 24.3 Å². The molecule has 1 rings (SSSR count). The summed E-state index contributed by atoms with van der Waals surface area (Å²) in [5.74, 6) is 0.654. The third-order valence-electron chi connectivity index (χ3n) is 2.40. The van der Waals surface area contributed by atoms with E-state index in [9.17, 15) is 0 Å². The Morgan fingerprint density at radius 3 is 2.50 bits per heavy atom. The molecule has 0 N–H and O–H groups in total. The molecule has 0 aliphatic rings. The largest absolute Gasteiger partial charge is 0.0795 e. The van der Waals surface area contributed by atoms with E-state index in [0.29, 0.717) is 9.34 Å². The van der Waals surface area contributed by atoms with Gasteiger partial charge in [0.15, 0.2) is 0 Å². The minimum Gasteiger partial charge on any atom is -0.0795 e. The van der Waals surface area contributed by atoms with Crippen molar-refractivity contribution in [1.29, 1.82) is 0 Å². The van der Waals surface area contributed by atoms with Crippen molar-refractivity contribution in [2.75, 3.05) is 0 Å². The number of halogens is 1. The second kappa shape index (κ2) is 4.65. The minimum absolute atomic E-state index is 0.390. The number of hydrogen-bond donors (Lipinski definition) is 0. The van der Waals surface area contributed by atoms with Crippen LogP contribution in [0.2, 0.25) is 0 Å². The van der Waals surface area contributed by atoms with Gasteiger partial charge in [-0.3, -0.25) is 0 Å². The Bertz CT molecular complexity index is 296. The molecule has 14 heavy (non-hydrogen) atoms. The van der Waals surface area contributed by atoms with Gasteiger partial charge >= 0.3 is 0 Å². The van der Waals surface area contributed by atoms with E-state index in [4.69, 9.17) is 0 Å². The molecule has 0 aliphatic carbocycles. The SMILES string of the molecule is Cc1cccc(C(C)CC(C)(C)I)c1. The van der Waals surface area contributed by atoms with Gasteiger partial charge < -0.3 is 0 Å².